The maximum atomic E-state index is 13.0. The van der Waals surface area contributed by atoms with Gasteiger partial charge >= 0.3 is 0 Å². The van der Waals surface area contributed by atoms with Gasteiger partial charge in [-0.2, -0.15) is 0 Å². The molecule has 1 rings (SSSR count). The Balaban J connectivity index is 2.59. The van der Waals surface area contributed by atoms with Crippen molar-refractivity contribution < 1.29 is 9.13 Å². The first-order valence-corrected chi connectivity index (χ1v) is 4.80. The maximum Gasteiger partial charge on any atom is 0.165 e. The summed E-state index contributed by atoms with van der Waals surface area (Å²) in [6.07, 6.45) is 1.98. The van der Waals surface area contributed by atoms with Gasteiger partial charge in [0, 0.05) is 4.90 Å². The van der Waals surface area contributed by atoms with Gasteiger partial charge in [0.1, 0.15) is 0 Å². The summed E-state index contributed by atoms with van der Waals surface area (Å²) in [5.41, 5.74) is 0. The van der Waals surface area contributed by atoms with Gasteiger partial charge in [0.15, 0.2) is 11.6 Å². The van der Waals surface area contributed by atoms with Crippen LogP contribution < -0.4 is 4.74 Å². The Kier molecular flexibility index (Phi) is 4.09. The highest BCUT2D eigenvalue weighted by Gasteiger charge is 2.02. The Bertz CT molecular complexity index is 276. The van der Waals surface area contributed by atoms with Crippen LogP contribution in [0.3, 0.4) is 0 Å². The zero-order chi connectivity index (χ0) is 9.68. The molecule has 72 valence electrons. The predicted molar refractivity (Wildman–Crippen MR) is 54.1 cm³/mol. The van der Waals surface area contributed by atoms with Crippen LogP contribution in [0.15, 0.2) is 23.1 Å². The molecule has 1 nitrogen and oxygen atoms in total. The summed E-state index contributed by atoms with van der Waals surface area (Å²) < 4.78 is 18.3. The molecule has 0 amide bonds. The van der Waals surface area contributed by atoms with Crippen LogP contribution >= 0.6 is 12.6 Å². The number of thiol groups is 1. The zero-order valence-corrected chi connectivity index (χ0v) is 8.48. The molecule has 0 fully saturated rings. The molecule has 0 aliphatic heterocycles. The fourth-order valence-electron chi connectivity index (χ4n) is 0.929. The van der Waals surface area contributed by atoms with Crippen molar-refractivity contribution in [3.8, 4) is 5.75 Å². The van der Waals surface area contributed by atoms with E-state index in [1.165, 1.54) is 6.07 Å². The summed E-state index contributed by atoms with van der Waals surface area (Å²) in [7, 11) is 0. The Morgan fingerprint density at radius 1 is 1.46 bits per heavy atom. The van der Waals surface area contributed by atoms with Crippen LogP contribution in [0.5, 0.6) is 5.75 Å². The predicted octanol–water partition coefficient (Wildman–Crippen LogP) is 3.29. The Hall–Kier alpha value is -0.700. The molecule has 0 N–H and O–H groups in total. The molecule has 0 aliphatic rings. The first kappa shape index (κ1) is 10.4. The molecule has 0 atom stereocenters. The minimum absolute atomic E-state index is 0.293. The first-order chi connectivity index (χ1) is 6.24. The minimum Gasteiger partial charge on any atom is -0.490 e. The monoisotopic (exact) mass is 200 g/mol. The Morgan fingerprint density at radius 3 is 2.92 bits per heavy atom. The number of halogens is 1. The first-order valence-electron chi connectivity index (χ1n) is 4.35. The highest BCUT2D eigenvalue weighted by atomic mass is 32.1. The van der Waals surface area contributed by atoms with Crippen LogP contribution in [0.2, 0.25) is 0 Å². The molecule has 0 aliphatic carbocycles. The summed E-state index contributed by atoms with van der Waals surface area (Å²) in [5, 5.41) is 0. The number of ether oxygens (including phenoxy) is 1. The van der Waals surface area contributed by atoms with Gasteiger partial charge in [-0.15, -0.1) is 12.6 Å². The molecule has 0 spiro atoms. The molecule has 0 unspecified atom stereocenters. The molecular formula is C10H13FOS. The topological polar surface area (TPSA) is 9.23 Å². The molecule has 3 heteroatoms. The van der Waals surface area contributed by atoms with Crippen molar-refractivity contribution in [2.45, 2.75) is 24.7 Å². The SMILES string of the molecule is CCCCOc1cc(S)ccc1F. The lowest BCUT2D eigenvalue weighted by Crippen LogP contribution is -1.98. The fourth-order valence-corrected chi connectivity index (χ4v) is 1.12. The molecule has 0 bridgehead atoms. The fraction of sp³-hybridized carbons (Fsp3) is 0.400. The molecular weight excluding hydrogens is 187 g/mol. The van der Waals surface area contributed by atoms with Gasteiger partial charge < -0.3 is 4.74 Å². The van der Waals surface area contributed by atoms with Gasteiger partial charge in [0.25, 0.3) is 0 Å². The van der Waals surface area contributed by atoms with E-state index in [1.54, 1.807) is 12.1 Å². The van der Waals surface area contributed by atoms with E-state index >= 15 is 0 Å². The van der Waals surface area contributed by atoms with Gasteiger partial charge in [-0.1, -0.05) is 13.3 Å². The second kappa shape index (κ2) is 5.12. The van der Waals surface area contributed by atoms with E-state index < -0.39 is 0 Å². The van der Waals surface area contributed by atoms with Crippen molar-refractivity contribution in [2.75, 3.05) is 6.61 Å². The van der Waals surface area contributed by atoms with Crippen LogP contribution in [0, 0.1) is 5.82 Å². The Morgan fingerprint density at radius 2 is 2.23 bits per heavy atom. The van der Waals surface area contributed by atoms with Crippen LogP contribution in [0.4, 0.5) is 4.39 Å². The Labute approximate surface area is 83.3 Å². The summed E-state index contributed by atoms with van der Waals surface area (Å²) in [6, 6.07) is 4.56. The number of hydrogen-bond acceptors (Lipinski definition) is 2. The van der Waals surface area contributed by atoms with Crippen molar-refractivity contribution in [1.29, 1.82) is 0 Å². The van der Waals surface area contributed by atoms with Crippen LogP contribution in [0.25, 0.3) is 0 Å². The second-order valence-corrected chi connectivity index (χ2v) is 3.33. The van der Waals surface area contributed by atoms with E-state index in [2.05, 4.69) is 19.6 Å². The molecule has 1 aromatic rings. The molecule has 13 heavy (non-hydrogen) atoms. The standard InChI is InChI=1S/C10H13FOS/c1-2-3-6-12-10-7-8(13)4-5-9(10)11/h4-5,7,13H,2-3,6H2,1H3. The van der Waals surface area contributed by atoms with Gasteiger partial charge in [-0.05, 0) is 24.6 Å². The van der Waals surface area contributed by atoms with Gasteiger partial charge in [0.2, 0.25) is 0 Å². The highest BCUT2D eigenvalue weighted by molar-refractivity contribution is 7.80. The van der Waals surface area contributed by atoms with Crippen LogP contribution in [-0.2, 0) is 0 Å². The average Bonchev–Trinajstić information content (AvgIpc) is 2.11. The third kappa shape index (κ3) is 3.27. The normalized spacial score (nSPS) is 10.1. The van der Waals surface area contributed by atoms with E-state index in [-0.39, 0.29) is 5.82 Å². The number of rotatable bonds is 4. The summed E-state index contributed by atoms with van der Waals surface area (Å²) in [6.45, 7) is 2.62. The van der Waals surface area contributed by atoms with E-state index in [9.17, 15) is 4.39 Å². The summed E-state index contributed by atoms with van der Waals surface area (Å²) in [4.78, 5) is 0.716. The average molecular weight is 200 g/mol. The van der Waals surface area contributed by atoms with Gasteiger partial charge in [0.05, 0.1) is 6.61 Å². The van der Waals surface area contributed by atoms with Crippen LogP contribution in [0.1, 0.15) is 19.8 Å². The largest absolute Gasteiger partial charge is 0.490 e. The molecule has 0 aromatic heterocycles. The number of unbranched alkanes of at least 4 members (excludes halogenated alkanes) is 1. The molecule has 1 aromatic carbocycles. The zero-order valence-electron chi connectivity index (χ0n) is 7.59. The van der Waals surface area contributed by atoms with Gasteiger partial charge in [-0.3, -0.25) is 0 Å². The lowest BCUT2D eigenvalue weighted by atomic mass is 10.3. The maximum absolute atomic E-state index is 13.0. The minimum atomic E-state index is -0.325. The highest BCUT2D eigenvalue weighted by Crippen LogP contribution is 2.20. The van der Waals surface area contributed by atoms with Crippen molar-refractivity contribution >= 4 is 12.6 Å². The quantitative estimate of drug-likeness (QED) is 0.579. The van der Waals surface area contributed by atoms with Crippen LogP contribution in [-0.4, -0.2) is 6.61 Å². The molecule has 0 heterocycles. The van der Waals surface area contributed by atoms with Gasteiger partial charge in [-0.25, -0.2) is 4.39 Å². The van der Waals surface area contributed by atoms with Crippen molar-refractivity contribution in [3.63, 3.8) is 0 Å². The summed E-state index contributed by atoms with van der Waals surface area (Å²) >= 11 is 4.10. The lowest BCUT2D eigenvalue weighted by molar-refractivity contribution is 0.293. The number of benzene rings is 1. The third-order valence-electron chi connectivity index (χ3n) is 1.67. The van der Waals surface area contributed by atoms with Crippen molar-refractivity contribution in [1.82, 2.24) is 0 Å². The van der Waals surface area contributed by atoms with E-state index in [4.69, 9.17) is 4.74 Å². The van der Waals surface area contributed by atoms with E-state index in [1.807, 2.05) is 0 Å². The smallest absolute Gasteiger partial charge is 0.165 e. The summed E-state index contributed by atoms with van der Waals surface area (Å²) in [5.74, 6) is -0.0325. The molecule has 0 radical (unpaired) electrons. The number of hydrogen-bond donors (Lipinski definition) is 1. The van der Waals surface area contributed by atoms with E-state index in [0.717, 1.165) is 12.8 Å². The van der Waals surface area contributed by atoms with Crippen molar-refractivity contribution in [2.24, 2.45) is 0 Å². The second-order valence-electron chi connectivity index (χ2n) is 2.82. The third-order valence-corrected chi connectivity index (χ3v) is 1.95. The molecule has 0 saturated carbocycles. The molecule has 0 saturated heterocycles. The van der Waals surface area contributed by atoms with E-state index in [0.29, 0.717) is 17.3 Å². The van der Waals surface area contributed by atoms with Crippen molar-refractivity contribution in [3.05, 3.63) is 24.0 Å². The lowest BCUT2D eigenvalue weighted by Gasteiger charge is -2.06.